The van der Waals surface area contributed by atoms with Crippen LogP contribution in [0.15, 0.2) is 69.9 Å². The third-order valence-corrected chi connectivity index (χ3v) is 7.00. The average molecular weight is 470 g/mol. The molecule has 2 heterocycles. The Morgan fingerprint density at radius 1 is 0.971 bits per heavy atom. The molecule has 0 radical (unpaired) electrons. The monoisotopic (exact) mass is 469 g/mol. The molecule has 5 nitrogen and oxygen atoms in total. The molecular formula is C30H31NO4. The largest absolute Gasteiger partial charge is 0.508 e. The van der Waals surface area contributed by atoms with Crippen LogP contribution in [0.5, 0.6) is 11.5 Å². The first-order valence-electron chi connectivity index (χ1n) is 12.3. The molecule has 0 unspecified atom stereocenters. The van der Waals surface area contributed by atoms with Crippen LogP contribution in [-0.2, 0) is 6.42 Å². The number of phenolic OH excluding ortho intramolecular Hbond substituents is 1. The number of likely N-dealkylation sites (tertiary alicyclic amines) is 1. The van der Waals surface area contributed by atoms with Gasteiger partial charge in [-0.2, -0.15) is 0 Å². The fraction of sp³-hybridized carbons (Fsp3) is 0.300. The highest BCUT2D eigenvalue weighted by Gasteiger charge is 2.20. The Labute approximate surface area is 205 Å². The summed E-state index contributed by atoms with van der Waals surface area (Å²) in [5.41, 5.74) is 5.04. The number of fused-ring (bicyclic) bond motifs is 1. The number of ether oxygens (including phenoxy) is 1. The number of phenols is 1. The van der Waals surface area contributed by atoms with Gasteiger partial charge in [-0.1, -0.05) is 36.4 Å². The van der Waals surface area contributed by atoms with E-state index in [1.165, 1.54) is 25.9 Å². The summed E-state index contributed by atoms with van der Waals surface area (Å²) in [6.45, 7) is 7.75. The molecule has 180 valence electrons. The van der Waals surface area contributed by atoms with E-state index in [4.69, 9.17) is 9.15 Å². The molecular weight excluding hydrogens is 438 g/mol. The van der Waals surface area contributed by atoms with Gasteiger partial charge in [0.2, 0.25) is 0 Å². The lowest BCUT2D eigenvalue weighted by molar-refractivity contribution is 0.238. The second-order valence-electron chi connectivity index (χ2n) is 9.36. The first-order valence-corrected chi connectivity index (χ1v) is 12.3. The first-order chi connectivity index (χ1) is 17.0. The number of hydrogen-bond donors (Lipinski definition) is 1. The molecule has 3 aromatic carbocycles. The van der Waals surface area contributed by atoms with Gasteiger partial charge in [0, 0.05) is 17.5 Å². The molecule has 4 aromatic rings. The Morgan fingerprint density at radius 2 is 1.71 bits per heavy atom. The van der Waals surface area contributed by atoms with E-state index < -0.39 is 5.63 Å². The quantitative estimate of drug-likeness (QED) is 0.344. The molecule has 1 saturated heterocycles. The van der Waals surface area contributed by atoms with Crippen molar-refractivity contribution in [3.05, 3.63) is 93.3 Å². The zero-order valence-corrected chi connectivity index (χ0v) is 20.3. The smallest absolute Gasteiger partial charge is 0.344 e. The Morgan fingerprint density at radius 3 is 2.46 bits per heavy atom. The van der Waals surface area contributed by atoms with Gasteiger partial charge in [0.05, 0.1) is 5.56 Å². The summed E-state index contributed by atoms with van der Waals surface area (Å²) in [6.07, 6.45) is 3.12. The highest BCUT2D eigenvalue weighted by Crippen LogP contribution is 2.35. The lowest BCUT2D eigenvalue weighted by Crippen LogP contribution is -2.25. The predicted molar refractivity (Wildman–Crippen MR) is 139 cm³/mol. The van der Waals surface area contributed by atoms with Gasteiger partial charge < -0.3 is 14.3 Å². The third-order valence-electron chi connectivity index (χ3n) is 7.00. The summed E-state index contributed by atoms with van der Waals surface area (Å²) in [7, 11) is 0. The summed E-state index contributed by atoms with van der Waals surface area (Å²) in [5, 5.41) is 11.0. The Bertz CT molecular complexity index is 1400. The first kappa shape index (κ1) is 23.2. The number of hydrogen-bond acceptors (Lipinski definition) is 5. The van der Waals surface area contributed by atoms with E-state index in [0.29, 0.717) is 29.7 Å². The topological polar surface area (TPSA) is 62.9 Å². The molecule has 0 bridgehead atoms. The van der Waals surface area contributed by atoms with Gasteiger partial charge in [0.1, 0.15) is 23.7 Å². The van der Waals surface area contributed by atoms with Crippen molar-refractivity contribution in [3.8, 4) is 22.6 Å². The van der Waals surface area contributed by atoms with Crippen molar-refractivity contribution in [3.63, 3.8) is 0 Å². The van der Waals surface area contributed by atoms with Crippen molar-refractivity contribution in [2.75, 3.05) is 26.2 Å². The Balaban J connectivity index is 1.49. The molecule has 1 aromatic heterocycles. The van der Waals surface area contributed by atoms with E-state index in [1.807, 2.05) is 49.4 Å². The van der Waals surface area contributed by atoms with Gasteiger partial charge >= 0.3 is 5.63 Å². The molecule has 5 rings (SSSR count). The van der Waals surface area contributed by atoms with Crippen LogP contribution in [0.25, 0.3) is 22.1 Å². The van der Waals surface area contributed by atoms with E-state index >= 15 is 0 Å². The number of aromatic hydroxyl groups is 1. The highest BCUT2D eigenvalue weighted by atomic mass is 16.5. The van der Waals surface area contributed by atoms with Gasteiger partial charge in [-0.05, 0) is 92.7 Å². The molecule has 0 saturated carbocycles. The summed E-state index contributed by atoms with van der Waals surface area (Å²) in [6, 6.07) is 19.5. The average Bonchev–Trinajstić information content (AvgIpc) is 3.37. The maximum absolute atomic E-state index is 13.3. The molecule has 1 fully saturated rings. The van der Waals surface area contributed by atoms with Crippen molar-refractivity contribution < 1.29 is 14.3 Å². The number of benzene rings is 3. The van der Waals surface area contributed by atoms with Crippen LogP contribution in [0.1, 0.15) is 35.1 Å². The fourth-order valence-corrected chi connectivity index (χ4v) is 4.97. The standard InChI is InChI=1S/C30H31NO4/c1-20-7-3-4-8-24(20)28-26(25-13-14-27(32)21(2)29(25)35-30(28)33)19-22-9-11-23(12-10-22)34-18-17-31-15-5-6-16-31/h3-4,7-14,32H,5-6,15-19H2,1-2H3. The molecule has 1 N–H and O–H groups in total. The van der Waals surface area contributed by atoms with Crippen LogP contribution < -0.4 is 10.4 Å². The van der Waals surface area contributed by atoms with Crippen LogP contribution in [0, 0.1) is 13.8 Å². The van der Waals surface area contributed by atoms with Crippen molar-refractivity contribution in [2.24, 2.45) is 0 Å². The summed E-state index contributed by atoms with van der Waals surface area (Å²) < 4.78 is 11.7. The molecule has 0 spiro atoms. The van der Waals surface area contributed by atoms with E-state index in [-0.39, 0.29) is 5.75 Å². The number of rotatable bonds is 7. The van der Waals surface area contributed by atoms with Crippen molar-refractivity contribution >= 4 is 11.0 Å². The van der Waals surface area contributed by atoms with E-state index in [9.17, 15) is 9.90 Å². The van der Waals surface area contributed by atoms with Gasteiger partial charge in [-0.3, -0.25) is 4.90 Å². The van der Waals surface area contributed by atoms with Crippen LogP contribution in [0.4, 0.5) is 0 Å². The van der Waals surface area contributed by atoms with Crippen molar-refractivity contribution in [1.29, 1.82) is 0 Å². The van der Waals surface area contributed by atoms with Crippen LogP contribution in [-0.4, -0.2) is 36.2 Å². The second-order valence-corrected chi connectivity index (χ2v) is 9.36. The van der Waals surface area contributed by atoms with Crippen molar-refractivity contribution in [2.45, 2.75) is 33.1 Å². The SMILES string of the molecule is Cc1ccccc1-c1c(Cc2ccc(OCCN3CCCC3)cc2)c2ccc(O)c(C)c2oc1=O. The van der Waals surface area contributed by atoms with Gasteiger partial charge in [0.15, 0.2) is 0 Å². The Kier molecular flexibility index (Phi) is 6.60. The van der Waals surface area contributed by atoms with E-state index in [0.717, 1.165) is 39.9 Å². The molecule has 0 atom stereocenters. The van der Waals surface area contributed by atoms with Gasteiger partial charge in [-0.15, -0.1) is 0 Å². The van der Waals surface area contributed by atoms with Crippen LogP contribution in [0.3, 0.4) is 0 Å². The van der Waals surface area contributed by atoms with Gasteiger partial charge in [0.25, 0.3) is 0 Å². The number of nitrogens with zero attached hydrogens (tertiary/aromatic N) is 1. The van der Waals surface area contributed by atoms with Crippen LogP contribution >= 0.6 is 0 Å². The van der Waals surface area contributed by atoms with E-state index in [2.05, 4.69) is 17.0 Å². The van der Waals surface area contributed by atoms with Gasteiger partial charge in [-0.25, -0.2) is 4.79 Å². The van der Waals surface area contributed by atoms with Crippen LogP contribution in [0.2, 0.25) is 0 Å². The minimum atomic E-state index is -0.391. The predicted octanol–water partition coefficient (Wildman–Crippen LogP) is 5.85. The lowest BCUT2D eigenvalue weighted by Gasteiger charge is -2.16. The fourth-order valence-electron chi connectivity index (χ4n) is 4.97. The molecule has 1 aliphatic heterocycles. The van der Waals surface area contributed by atoms with Crippen molar-refractivity contribution in [1.82, 2.24) is 4.90 Å². The maximum Gasteiger partial charge on any atom is 0.344 e. The summed E-state index contributed by atoms with van der Waals surface area (Å²) in [5.74, 6) is 0.968. The minimum absolute atomic E-state index is 0.116. The molecule has 35 heavy (non-hydrogen) atoms. The summed E-state index contributed by atoms with van der Waals surface area (Å²) >= 11 is 0. The second kappa shape index (κ2) is 9.96. The molecule has 1 aliphatic rings. The highest BCUT2D eigenvalue weighted by molar-refractivity contribution is 5.90. The lowest BCUT2D eigenvalue weighted by atomic mass is 9.91. The third kappa shape index (κ3) is 4.82. The molecule has 0 aliphatic carbocycles. The zero-order chi connectivity index (χ0) is 24.4. The normalized spacial score (nSPS) is 14.0. The zero-order valence-electron chi connectivity index (χ0n) is 20.3. The number of aryl methyl sites for hydroxylation is 2. The van der Waals surface area contributed by atoms with E-state index in [1.54, 1.807) is 13.0 Å². The summed E-state index contributed by atoms with van der Waals surface area (Å²) in [4.78, 5) is 15.7. The molecule has 5 heteroatoms. The Hall–Kier alpha value is -3.57. The minimum Gasteiger partial charge on any atom is -0.508 e. The maximum atomic E-state index is 13.3. The molecule has 0 amide bonds.